The molecule has 1 aromatic carbocycles. The van der Waals surface area contributed by atoms with Gasteiger partial charge in [0.25, 0.3) is 5.56 Å². The summed E-state index contributed by atoms with van der Waals surface area (Å²) in [6.45, 7) is 2.10. The van der Waals surface area contributed by atoms with E-state index in [-0.39, 0.29) is 11.7 Å². The van der Waals surface area contributed by atoms with E-state index in [1.54, 1.807) is 10.9 Å². The number of unbranched alkanes of at least 4 members (excludes halogenated alkanes) is 1. The van der Waals surface area contributed by atoms with Gasteiger partial charge in [0.05, 0.1) is 17.3 Å². The SMILES string of the molecule is CCCCC(O)c1cc2ncn(-c3ccc(O[C@H]4C[C@H]5CC[C@@H](C4)N5C)cc3)c(=O)c2s1. The first-order chi connectivity index (χ1) is 15.5. The van der Waals surface area contributed by atoms with Gasteiger partial charge >= 0.3 is 0 Å². The number of fused-ring (bicyclic) bond motifs is 3. The zero-order chi connectivity index (χ0) is 22.2. The van der Waals surface area contributed by atoms with E-state index >= 15 is 0 Å². The molecule has 0 aliphatic carbocycles. The van der Waals surface area contributed by atoms with Gasteiger partial charge in [-0.1, -0.05) is 19.8 Å². The first-order valence-electron chi connectivity index (χ1n) is 11.7. The van der Waals surface area contributed by atoms with Crippen LogP contribution in [0.15, 0.2) is 41.5 Å². The minimum Gasteiger partial charge on any atom is -0.490 e. The number of aromatic nitrogens is 2. The molecule has 2 bridgehead atoms. The van der Waals surface area contributed by atoms with Crippen LogP contribution in [0.4, 0.5) is 0 Å². The van der Waals surface area contributed by atoms with Crippen molar-refractivity contribution in [3.8, 4) is 11.4 Å². The number of hydrogen-bond acceptors (Lipinski definition) is 6. The molecule has 6 nitrogen and oxygen atoms in total. The number of piperidine rings is 1. The lowest BCUT2D eigenvalue weighted by Crippen LogP contribution is -2.43. The molecule has 2 aliphatic rings. The Kier molecular flexibility index (Phi) is 6.05. The van der Waals surface area contributed by atoms with Crippen LogP contribution in [0, 0.1) is 0 Å². The van der Waals surface area contributed by atoms with E-state index in [9.17, 15) is 9.90 Å². The number of rotatable bonds is 7. The third-order valence-electron chi connectivity index (χ3n) is 7.09. The Labute approximate surface area is 192 Å². The summed E-state index contributed by atoms with van der Waals surface area (Å²) in [5.41, 5.74) is 1.31. The summed E-state index contributed by atoms with van der Waals surface area (Å²) in [5.74, 6) is 0.849. The van der Waals surface area contributed by atoms with Crippen molar-refractivity contribution in [2.45, 2.75) is 76.2 Å². The van der Waals surface area contributed by atoms with Gasteiger partial charge in [-0.05, 0) is 69.5 Å². The highest BCUT2D eigenvalue weighted by Gasteiger charge is 2.39. The van der Waals surface area contributed by atoms with E-state index in [0.717, 1.165) is 42.0 Å². The summed E-state index contributed by atoms with van der Waals surface area (Å²) < 4.78 is 8.44. The number of thiophene rings is 1. The Morgan fingerprint density at radius 3 is 2.62 bits per heavy atom. The van der Waals surface area contributed by atoms with E-state index in [1.165, 1.54) is 24.2 Å². The van der Waals surface area contributed by atoms with Gasteiger partial charge in [0.2, 0.25) is 0 Å². The van der Waals surface area contributed by atoms with Crippen LogP contribution in [0.25, 0.3) is 15.9 Å². The third kappa shape index (κ3) is 4.09. The summed E-state index contributed by atoms with van der Waals surface area (Å²) in [6, 6.07) is 10.9. The van der Waals surface area contributed by atoms with Gasteiger partial charge in [0.15, 0.2) is 0 Å². The smallest absolute Gasteiger partial charge is 0.275 e. The number of ether oxygens (including phenoxy) is 1. The number of benzene rings is 1. The highest BCUT2D eigenvalue weighted by Crippen LogP contribution is 2.36. The van der Waals surface area contributed by atoms with Crippen molar-refractivity contribution in [2.75, 3.05) is 7.05 Å². The van der Waals surface area contributed by atoms with E-state index in [1.807, 2.05) is 30.3 Å². The molecule has 2 fully saturated rings. The van der Waals surface area contributed by atoms with E-state index in [4.69, 9.17) is 4.74 Å². The Morgan fingerprint density at radius 1 is 1.22 bits per heavy atom. The molecule has 5 rings (SSSR count). The van der Waals surface area contributed by atoms with Crippen molar-refractivity contribution in [3.63, 3.8) is 0 Å². The summed E-state index contributed by atoms with van der Waals surface area (Å²) in [7, 11) is 2.23. The van der Waals surface area contributed by atoms with Gasteiger partial charge in [0.1, 0.15) is 22.9 Å². The quantitative estimate of drug-likeness (QED) is 0.563. The van der Waals surface area contributed by atoms with Gasteiger partial charge in [0, 0.05) is 17.0 Å². The molecule has 1 N–H and O–H groups in total. The predicted molar refractivity (Wildman–Crippen MR) is 128 cm³/mol. The van der Waals surface area contributed by atoms with Crippen molar-refractivity contribution < 1.29 is 9.84 Å². The third-order valence-corrected chi connectivity index (χ3v) is 8.30. The second-order valence-corrected chi connectivity index (χ2v) is 10.3. The first kappa shape index (κ1) is 21.6. The molecule has 4 atom stereocenters. The Balaban J connectivity index is 1.33. The maximum Gasteiger partial charge on any atom is 0.275 e. The zero-order valence-electron chi connectivity index (χ0n) is 18.7. The van der Waals surface area contributed by atoms with Crippen LogP contribution < -0.4 is 10.3 Å². The Morgan fingerprint density at radius 2 is 1.94 bits per heavy atom. The lowest BCUT2D eigenvalue weighted by atomic mass is 10.0. The van der Waals surface area contributed by atoms with Gasteiger partial charge in [-0.2, -0.15) is 0 Å². The topological polar surface area (TPSA) is 67.6 Å². The molecule has 0 saturated carbocycles. The maximum atomic E-state index is 13.1. The molecule has 1 unspecified atom stereocenters. The molecule has 0 radical (unpaired) electrons. The summed E-state index contributed by atoms with van der Waals surface area (Å²) in [5, 5.41) is 10.4. The van der Waals surface area contributed by atoms with Crippen LogP contribution in [-0.4, -0.2) is 44.8 Å². The van der Waals surface area contributed by atoms with Crippen LogP contribution in [0.3, 0.4) is 0 Å². The number of aliphatic hydroxyl groups excluding tert-OH is 1. The average molecular weight is 454 g/mol. The second kappa shape index (κ2) is 8.96. The highest BCUT2D eigenvalue weighted by molar-refractivity contribution is 7.19. The van der Waals surface area contributed by atoms with E-state index in [2.05, 4.69) is 23.9 Å². The van der Waals surface area contributed by atoms with Crippen molar-refractivity contribution in [3.05, 3.63) is 51.9 Å². The average Bonchev–Trinajstić information content (AvgIpc) is 3.31. The van der Waals surface area contributed by atoms with Crippen molar-refractivity contribution in [2.24, 2.45) is 0 Å². The molecule has 0 amide bonds. The van der Waals surface area contributed by atoms with E-state index in [0.29, 0.717) is 28.7 Å². The van der Waals surface area contributed by atoms with Gasteiger partial charge < -0.3 is 14.7 Å². The molecule has 32 heavy (non-hydrogen) atoms. The zero-order valence-corrected chi connectivity index (χ0v) is 19.6. The predicted octanol–water partition coefficient (Wildman–Crippen LogP) is 4.67. The second-order valence-electron chi connectivity index (χ2n) is 9.20. The fourth-order valence-electron chi connectivity index (χ4n) is 5.15. The summed E-state index contributed by atoms with van der Waals surface area (Å²) >= 11 is 1.35. The molecule has 4 heterocycles. The molecule has 2 saturated heterocycles. The molecular weight excluding hydrogens is 422 g/mol. The lowest BCUT2D eigenvalue weighted by Gasteiger charge is -2.36. The fraction of sp³-hybridized carbons (Fsp3) is 0.520. The fourth-order valence-corrected chi connectivity index (χ4v) is 6.22. The van der Waals surface area contributed by atoms with Crippen molar-refractivity contribution in [1.82, 2.24) is 14.5 Å². The molecule has 7 heteroatoms. The van der Waals surface area contributed by atoms with E-state index < -0.39 is 6.10 Å². The first-order valence-corrected chi connectivity index (χ1v) is 12.5. The molecule has 3 aromatic rings. The highest BCUT2D eigenvalue weighted by atomic mass is 32.1. The van der Waals surface area contributed by atoms with Gasteiger partial charge in [-0.25, -0.2) is 4.98 Å². The monoisotopic (exact) mass is 453 g/mol. The summed E-state index contributed by atoms with van der Waals surface area (Å²) in [4.78, 5) is 20.9. The van der Waals surface area contributed by atoms with Gasteiger partial charge in [-0.3, -0.25) is 9.36 Å². The normalized spacial score (nSPS) is 24.2. The maximum absolute atomic E-state index is 13.1. The number of hydrogen-bond donors (Lipinski definition) is 1. The minimum atomic E-state index is -0.534. The minimum absolute atomic E-state index is 0.102. The van der Waals surface area contributed by atoms with Crippen LogP contribution in [0.1, 0.15) is 62.9 Å². The van der Waals surface area contributed by atoms with Crippen LogP contribution in [0.5, 0.6) is 5.75 Å². The molecular formula is C25H31N3O3S. The standard InChI is InChI=1S/C25H31N3O3S/c1-3-4-5-22(29)23-14-21-24(32-23)25(30)28(15-26-21)16-8-10-19(11-9-16)31-20-12-17-6-7-18(13-20)27(17)2/h8-11,14-15,17-18,20,22,29H,3-7,12-13H2,1-2H3/t17-,18+,20+,22?. The molecule has 2 aromatic heterocycles. The molecule has 170 valence electrons. The van der Waals surface area contributed by atoms with Crippen LogP contribution in [-0.2, 0) is 0 Å². The van der Waals surface area contributed by atoms with Gasteiger partial charge in [-0.15, -0.1) is 11.3 Å². The van der Waals surface area contributed by atoms with Crippen molar-refractivity contribution >= 4 is 21.6 Å². The largest absolute Gasteiger partial charge is 0.490 e. The van der Waals surface area contributed by atoms with Crippen LogP contribution >= 0.6 is 11.3 Å². The Bertz CT molecular complexity index is 1130. The van der Waals surface area contributed by atoms with Crippen molar-refractivity contribution in [1.29, 1.82) is 0 Å². The summed E-state index contributed by atoms with van der Waals surface area (Å²) in [6.07, 6.45) is 8.72. The lowest BCUT2D eigenvalue weighted by molar-refractivity contribution is 0.0662. The number of aliphatic hydroxyl groups is 1. The molecule has 0 spiro atoms. The number of nitrogens with zero attached hydrogens (tertiary/aromatic N) is 3. The Hall–Kier alpha value is -2.22. The van der Waals surface area contributed by atoms with Crippen LogP contribution in [0.2, 0.25) is 0 Å². The molecule has 2 aliphatic heterocycles.